The minimum absolute atomic E-state index is 0.391. The lowest BCUT2D eigenvalue weighted by Gasteiger charge is -2.37. The SMILES string of the molecule is CCCN(C)C(C(C)C)C(NC)c1ccccc1. The summed E-state index contributed by atoms with van der Waals surface area (Å²) in [5.74, 6) is 0.624. The van der Waals surface area contributed by atoms with Crippen LogP contribution in [0.5, 0.6) is 0 Å². The molecule has 18 heavy (non-hydrogen) atoms. The van der Waals surface area contributed by atoms with Crippen molar-refractivity contribution < 1.29 is 0 Å². The van der Waals surface area contributed by atoms with E-state index in [9.17, 15) is 0 Å². The normalized spacial score (nSPS) is 15.1. The first kappa shape index (κ1) is 15.2. The second-order valence-electron chi connectivity index (χ2n) is 5.39. The maximum absolute atomic E-state index is 3.50. The highest BCUT2D eigenvalue weighted by molar-refractivity contribution is 5.21. The number of hydrogen-bond donors (Lipinski definition) is 1. The van der Waals surface area contributed by atoms with Crippen LogP contribution in [0.25, 0.3) is 0 Å². The molecule has 2 heteroatoms. The van der Waals surface area contributed by atoms with Crippen molar-refractivity contribution in [2.24, 2.45) is 5.92 Å². The van der Waals surface area contributed by atoms with Crippen LogP contribution in [0.1, 0.15) is 38.8 Å². The molecular formula is C16H28N2. The Labute approximate surface area is 112 Å². The fraction of sp³-hybridized carbons (Fsp3) is 0.625. The van der Waals surface area contributed by atoms with Crippen LogP contribution in [0.3, 0.4) is 0 Å². The van der Waals surface area contributed by atoms with E-state index in [0.717, 1.165) is 6.54 Å². The molecule has 0 radical (unpaired) electrons. The van der Waals surface area contributed by atoms with Gasteiger partial charge in [0.2, 0.25) is 0 Å². The third-order valence-electron chi connectivity index (χ3n) is 3.58. The van der Waals surface area contributed by atoms with Gasteiger partial charge in [-0.2, -0.15) is 0 Å². The van der Waals surface area contributed by atoms with E-state index in [2.05, 4.69) is 75.4 Å². The lowest BCUT2D eigenvalue weighted by Crippen LogP contribution is -2.45. The van der Waals surface area contributed by atoms with Crippen LogP contribution in [0.15, 0.2) is 30.3 Å². The van der Waals surface area contributed by atoms with Crippen molar-refractivity contribution in [3.8, 4) is 0 Å². The van der Waals surface area contributed by atoms with Crippen LogP contribution in [0.2, 0.25) is 0 Å². The summed E-state index contributed by atoms with van der Waals surface area (Å²) in [5, 5.41) is 3.50. The van der Waals surface area contributed by atoms with Crippen molar-refractivity contribution in [2.75, 3.05) is 20.6 Å². The minimum Gasteiger partial charge on any atom is -0.312 e. The summed E-state index contributed by atoms with van der Waals surface area (Å²) in [5.41, 5.74) is 1.38. The molecule has 0 aromatic heterocycles. The summed E-state index contributed by atoms with van der Waals surface area (Å²) < 4.78 is 0. The van der Waals surface area contributed by atoms with E-state index in [-0.39, 0.29) is 0 Å². The second kappa shape index (κ2) is 7.55. The third-order valence-corrected chi connectivity index (χ3v) is 3.58. The fourth-order valence-corrected chi connectivity index (χ4v) is 2.85. The Balaban J connectivity index is 2.94. The topological polar surface area (TPSA) is 15.3 Å². The molecule has 2 nitrogen and oxygen atoms in total. The number of benzene rings is 1. The van der Waals surface area contributed by atoms with Crippen molar-refractivity contribution in [1.82, 2.24) is 10.2 Å². The van der Waals surface area contributed by atoms with Gasteiger partial charge in [-0.05, 0) is 38.5 Å². The van der Waals surface area contributed by atoms with Gasteiger partial charge in [-0.25, -0.2) is 0 Å². The maximum Gasteiger partial charge on any atom is 0.0478 e. The number of nitrogens with one attached hydrogen (secondary N) is 1. The average Bonchev–Trinajstić information content (AvgIpc) is 2.36. The first-order valence-corrected chi connectivity index (χ1v) is 7.04. The molecule has 102 valence electrons. The average molecular weight is 248 g/mol. The molecule has 0 heterocycles. The molecule has 0 aliphatic rings. The molecule has 0 saturated carbocycles. The standard InChI is InChI=1S/C16H28N2/c1-6-12-18(5)16(13(2)3)15(17-4)14-10-8-7-9-11-14/h7-11,13,15-17H,6,12H2,1-5H3. The highest BCUT2D eigenvalue weighted by Crippen LogP contribution is 2.25. The lowest BCUT2D eigenvalue weighted by molar-refractivity contribution is 0.150. The number of rotatable bonds is 7. The van der Waals surface area contributed by atoms with E-state index >= 15 is 0 Å². The highest BCUT2D eigenvalue weighted by atomic mass is 15.2. The van der Waals surface area contributed by atoms with Gasteiger partial charge in [0.15, 0.2) is 0 Å². The van der Waals surface area contributed by atoms with Crippen molar-refractivity contribution in [1.29, 1.82) is 0 Å². The highest BCUT2D eigenvalue weighted by Gasteiger charge is 2.27. The summed E-state index contributed by atoms with van der Waals surface area (Å²) in [6.07, 6.45) is 1.20. The van der Waals surface area contributed by atoms with E-state index in [1.54, 1.807) is 0 Å². The summed E-state index contributed by atoms with van der Waals surface area (Å²) in [4.78, 5) is 2.48. The first-order chi connectivity index (χ1) is 8.61. The monoisotopic (exact) mass is 248 g/mol. The van der Waals surface area contributed by atoms with Gasteiger partial charge in [0.25, 0.3) is 0 Å². The van der Waals surface area contributed by atoms with Crippen molar-refractivity contribution in [3.63, 3.8) is 0 Å². The van der Waals surface area contributed by atoms with Gasteiger partial charge in [0.1, 0.15) is 0 Å². The van der Waals surface area contributed by atoms with E-state index < -0.39 is 0 Å². The van der Waals surface area contributed by atoms with E-state index in [1.807, 2.05) is 0 Å². The van der Waals surface area contributed by atoms with Crippen molar-refractivity contribution >= 4 is 0 Å². The Bertz CT molecular complexity index is 321. The zero-order chi connectivity index (χ0) is 13.5. The Morgan fingerprint density at radius 2 is 1.78 bits per heavy atom. The molecule has 2 unspecified atom stereocenters. The molecule has 0 bridgehead atoms. The Kier molecular flexibility index (Phi) is 6.37. The van der Waals surface area contributed by atoms with Gasteiger partial charge < -0.3 is 10.2 Å². The predicted molar refractivity (Wildman–Crippen MR) is 79.8 cm³/mol. The van der Waals surface area contributed by atoms with Gasteiger partial charge in [-0.1, -0.05) is 51.1 Å². The van der Waals surface area contributed by atoms with Gasteiger partial charge in [-0.3, -0.25) is 0 Å². The zero-order valence-electron chi connectivity index (χ0n) is 12.5. The van der Waals surface area contributed by atoms with Crippen molar-refractivity contribution in [3.05, 3.63) is 35.9 Å². The summed E-state index contributed by atoms with van der Waals surface area (Å²) in [6.45, 7) is 8.01. The Morgan fingerprint density at radius 1 is 1.17 bits per heavy atom. The smallest absolute Gasteiger partial charge is 0.0478 e. The summed E-state index contributed by atoms with van der Waals surface area (Å²) in [6, 6.07) is 11.7. The number of hydrogen-bond acceptors (Lipinski definition) is 2. The summed E-state index contributed by atoms with van der Waals surface area (Å²) in [7, 11) is 4.30. The van der Waals surface area contributed by atoms with E-state index in [0.29, 0.717) is 18.0 Å². The van der Waals surface area contributed by atoms with Crippen LogP contribution < -0.4 is 5.32 Å². The second-order valence-corrected chi connectivity index (χ2v) is 5.39. The van der Waals surface area contributed by atoms with Gasteiger partial charge in [0, 0.05) is 12.1 Å². The lowest BCUT2D eigenvalue weighted by atomic mass is 9.90. The molecule has 0 fully saturated rings. The van der Waals surface area contributed by atoms with Crippen LogP contribution in [0.4, 0.5) is 0 Å². The fourth-order valence-electron chi connectivity index (χ4n) is 2.85. The largest absolute Gasteiger partial charge is 0.312 e. The summed E-state index contributed by atoms with van der Waals surface area (Å²) >= 11 is 0. The van der Waals surface area contributed by atoms with Gasteiger partial charge in [0.05, 0.1) is 0 Å². The third kappa shape index (κ3) is 3.82. The minimum atomic E-state index is 0.391. The van der Waals surface area contributed by atoms with Gasteiger partial charge in [-0.15, -0.1) is 0 Å². The zero-order valence-corrected chi connectivity index (χ0v) is 12.5. The molecule has 0 spiro atoms. The van der Waals surface area contributed by atoms with Gasteiger partial charge >= 0.3 is 0 Å². The molecule has 1 rings (SSSR count). The Hall–Kier alpha value is -0.860. The van der Waals surface area contributed by atoms with E-state index in [1.165, 1.54) is 12.0 Å². The van der Waals surface area contributed by atoms with Crippen molar-refractivity contribution in [2.45, 2.75) is 39.3 Å². The first-order valence-electron chi connectivity index (χ1n) is 7.04. The molecule has 1 aromatic rings. The predicted octanol–water partition coefficient (Wildman–Crippen LogP) is 3.31. The maximum atomic E-state index is 3.50. The molecule has 1 aromatic carbocycles. The van der Waals surface area contributed by atoms with E-state index in [4.69, 9.17) is 0 Å². The van der Waals surface area contributed by atoms with Crippen LogP contribution in [-0.4, -0.2) is 31.6 Å². The molecule has 0 aliphatic carbocycles. The van der Waals surface area contributed by atoms with Crippen LogP contribution >= 0.6 is 0 Å². The molecule has 1 N–H and O–H groups in total. The van der Waals surface area contributed by atoms with Crippen LogP contribution in [0, 0.1) is 5.92 Å². The van der Waals surface area contributed by atoms with Crippen LogP contribution in [-0.2, 0) is 0 Å². The molecule has 0 amide bonds. The Morgan fingerprint density at radius 3 is 2.22 bits per heavy atom. The quantitative estimate of drug-likeness (QED) is 0.796. The number of likely N-dealkylation sites (N-methyl/N-ethyl adjacent to an activating group) is 2. The molecule has 2 atom stereocenters. The molecule has 0 aliphatic heterocycles. The molecular weight excluding hydrogens is 220 g/mol. The number of nitrogens with zero attached hydrogens (tertiary/aromatic N) is 1. The molecule has 0 saturated heterocycles.